The zero-order valence-electron chi connectivity index (χ0n) is 11.9. The molecular formula is C14H23FN4. The van der Waals surface area contributed by atoms with Crippen molar-refractivity contribution in [2.24, 2.45) is 4.99 Å². The number of hydrogen-bond acceptors (Lipinski definition) is 2. The Hall–Kier alpha value is -1.62. The Morgan fingerprint density at radius 1 is 1.26 bits per heavy atom. The van der Waals surface area contributed by atoms with E-state index in [9.17, 15) is 4.39 Å². The first-order valence-corrected chi connectivity index (χ1v) is 6.53. The molecule has 0 saturated carbocycles. The zero-order valence-corrected chi connectivity index (χ0v) is 11.9. The van der Waals surface area contributed by atoms with Crippen molar-refractivity contribution >= 4 is 5.96 Å². The minimum Gasteiger partial charge on any atom is -0.355 e. The SMILES string of the molecule is CCN(C)CCNC(=NC)NCc1ccc(F)cc1. The molecule has 1 aromatic carbocycles. The number of likely N-dealkylation sites (N-methyl/N-ethyl adjacent to an activating group) is 1. The second-order valence-corrected chi connectivity index (χ2v) is 4.37. The predicted molar refractivity (Wildman–Crippen MR) is 77.8 cm³/mol. The van der Waals surface area contributed by atoms with Crippen LogP contribution in [-0.4, -0.2) is 44.6 Å². The van der Waals surface area contributed by atoms with Crippen LogP contribution in [0, 0.1) is 5.82 Å². The van der Waals surface area contributed by atoms with E-state index in [1.165, 1.54) is 12.1 Å². The molecule has 0 unspecified atom stereocenters. The summed E-state index contributed by atoms with van der Waals surface area (Å²) in [4.78, 5) is 6.37. The maximum absolute atomic E-state index is 12.8. The number of hydrogen-bond donors (Lipinski definition) is 2. The average molecular weight is 266 g/mol. The Morgan fingerprint density at radius 2 is 1.95 bits per heavy atom. The van der Waals surface area contributed by atoms with Crippen molar-refractivity contribution in [2.75, 3.05) is 33.7 Å². The molecule has 5 heteroatoms. The van der Waals surface area contributed by atoms with Gasteiger partial charge in [-0.25, -0.2) is 4.39 Å². The van der Waals surface area contributed by atoms with Crippen LogP contribution in [0.25, 0.3) is 0 Å². The molecule has 106 valence electrons. The van der Waals surface area contributed by atoms with Crippen LogP contribution in [0.15, 0.2) is 29.3 Å². The summed E-state index contributed by atoms with van der Waals surface area (Å²) in [5, 5.41) is 6.43. The first kappa shape index (κ1) is 15.4. The summed E-state index contributed by atoms with van der Waals surface area (Å²) in [5.41, 5.74) is 1.02. The molecule has 1 rings (SSSR count). The van der Waals surface area contributed by atoms with Crippen molar-refractivity contribution in [3.8, 4) is 0 Å². The van der Waals surface area contributed by atoms with Crippen molar-refractivity contribution in [2.45, 2.75) is 13.5 Å². The van der Waals surface area contributed by atoms with Crippen LogP contribution in [0.5, 0.6) is 0 Å². The molecule has 0 radical (unpaired) electrons. The highest BCUT2D eigenvalue weighted by Gasteiger charge is 1.99. The lowest BCUT2D eigenvalue weighted by Crippen LogP contribution is -2.40. The number of nitrogens with one attached hydrogen (secondary N) is 2. The molecular weight excluding hydrogens is 243 g/mol. The van der Waals surface area contributed by atoms with Crippen LogP contribution in [0.3, 0.4) is 0 Å². The third-order valence-corrected chi connectivity index (χ3v) is 2.92. The van der Waals surface area contributed by atoms with E-state index in [0.29, 0.717) is 6.54 Å². The van der Waals surface area contributed by atoms with E-state index >= 15 is 0 Å². The Kier molecular flexibility index (Phi) is 6.89. The Morgan fingerprint density at radius 3 is 2.53 bits per heavy atom. The highest BCUT2D eigenvalue weighted by atomic mass is 19.1. The van der Waals surface area contributed by atoms with Gasteiger partial charge in [-0.1, -0.05) is 19.1 Å². The summed E-state index contributed by atoms with van der Waals surface area (Å²) in [7, 11) is 3.82. The van der Waals surface area contributed by atoms with Crippen molar-refractivity contribution in [1.82, 2.24) is 15.5 Å². The summed E-state index contributed by atoms with van der Waals surface area (Å²) in [6.45, 7) is 5.59. The van der Waals surface area contributed by atoms with E-state index in [0.717, 1.165) is 31.2 Å². The fraction of sp³-hybridized carbons (Fsp3) is 0.500. The maximum atomic E-state index is 12.8. The number of guanidine groups is 1. The maximum Gasteiger partial charge on any atom is 0.191 e. The second-order valence-electron chi connectivity index (χ2n) is 4.37. The largest absolute Gasteiger partial charge is 0.355 e. The molecule has 0 spiro atoms. The van der Waals surface area contributed by atoms with Gasteiger partial charge in [-0.3, -0.25) is 4.99 Å². The summed E-state index contributed by atoms with van der Waals surface area (Å²) in [6, 6.07) is 6.45. The minimum atomic E-state index is -0.214. The van der Waals surface area contributed by atoms with E-state index in [2.05, 4.69) is 34.5 Å². The van der Waals surface area contributed by atoms with Gasteiger partial charge in [-0.15, -0.1) is 0 Å². The number of rotatable bonds is 6. The van der Waals surface area contributed by atoms with Gasteiger partial charge in [0.25, 0.3) is 0 Å². The topological polar surface area (TPSA) is 39.7 Å². The molecule has 1 aromatic rings. The molecule has 0 atom stereocenters. The molecule has 0 aliphatic heterocycles. The predicted octanol–water partition coefficient (Wildman–Crippen LogP) is 1.44. The summed E-state index contributed by atoms with van der Waals surface area (Å²) >= 11 is 0. The van der Waals surface area contributed by atoms with Crippen LogP contribution >= 0.6 is 0 Å². The zero-order chi connectivity index (χ0) is 14.1. The van der Waals surface area contributed by atoms with Crippen LogP contribution in [0.4, 0.5) is 4.39 Å². The molecule has 4 nitrogen and oxygen atoms in total. The van der Waals surface area contributed by atoms with E-state index in [1.54, 1.807) is 19.2 Å². The number of nitrogens with zero attached hydrogens (tertiary/aromatic N) is 2. The first-order chi connectivity index (χ1) is 9.15. The van der Waals surface area contributed by atoms with Gasteiger partial charge < -0.3 is 15.5 Å². The lowest BCUT2D eigenvalue weighted by atomic mass is 10.2. The van der Waals surface area contributed by atoms with Crippen LogP contribution in [0.2, 0.25) is 0 Å². The van der Waals surface area contributed by atoms with Crippen molar-refractivity contribution < 1.29 is 4.39 Å². The van der Waals surface area contributed by atoms with E-state index in [4.69, 9.17) is 0 Å². The summed E-state index contributed by atoms with van der Waals surface area (Å²) in [5.74, 6) is 0.544. The minimum absolute atomic E-state index is 0.214. The monoisotopic (exact) mass is 266 g/mol. The van der Waals surface area contributed by atoms with Crippen molar-refractivity contribution in [3.05, 3.63) is 35.6 Å². The highest BCUT2D eigenvalue weighted by Crippen LogP contribution is 2.01. The number of halogens is 1. The number of aliphatic imine (C=N–C) groups is 1. The van der Waals surface area contributed by atoms with Gasteiger partial charge in [-0.2, -0.15) is 0 Å². The molecule has 0 amide bonds. The lowest BCUT2D eigenvalue weighted by Gasteiger charge is -2.16. The normalized spacial score (nSPS) is 11.7. The molecule has 0 bridgehead atoms. The smallest absolute Gasteiger partial charge is 0.191 e. The van der Waals surface area contributed by atoms with Gasteiger partial charge in [0.15, 0.2) is 5.96 Å². The standard InChI is InChI=1S/C14H23FN4/c1-4-19(3)10-9-17-14(16-2)18-11-12-5-7-13(15)8-6-12/h5-8H,4,9-11H2,1-3H3,(H2,16,17,18). The Balaban J connectivity index is 2.31. The van der Waals surface area contributed by atoms with Crippen molar-refractivity contribution in [3.63, 3.8) is 0 Å². The molecule has 2 N–H and O–H groups in total. The molecule has 0 fully saturated rings. The van der Waals surface area contributed by atoms with Gasteiger partial charge in [0.2, 0.25) is 0 Å². The molecule has 0 aliphatic rings. The fourth-order valence-corrected chi connectivity index (χ4v) is 1.53. The Bertz CT molecular complexity index is 389. The molecule has 0 aliphatic carbocycles. The fourth-order valence-electron chi connectivity index (χ4n) is 1.53. The van der Waals surface area contributed by atoms with E-state index < -0.39 is 0 Å². The van der Waals surface area contributed by atoms with Crippen LogP contribution in [-0.2, 0) is 6.54 Å². The van der Waals surface area contributed by atoms with E-state index in [1.807, 2.05) is 0 Å². The first-order valence-electron chi connectivity index (χ1n) is 6.53. The van der Waals surface area contributed by atoms with Gasteiger partial charge in [-0.05, 0) is 31.3 Å². The second kappa shape index (κ2) is 8.48. The van der Waals surface area contributed by atoms with Crippen molar-refractivity contribution in [1.29, 1.82) is 0 Å². The number of benzene rings is 1. The lowest BCUT2D eigenvalue weighted by molar-refractivity contribution is 0.357. The average Bonchev–Trinajstić information content (AvgIpc) is 2.44. The molecule has 0 aromatic heterocycles. The third-order valence-electron chi connectivity index (χ3n) is 2.92. The molecule has 0 saturated heterocycles. The molecule has 19 heavy (non-hydrogen) atoms. The summed E-state index contributed by atoms with van der Waals surface area (Å²) in [6.07, 6.45) is 0. The van der Waals surface area contributed by atoms with E-state index in [-0.39, 0.29) is 5.82 Å². The van der Waals surface area contributed by atoms with Gasteiger partial charge in [0, 0.05) is 26.7 Å². The summed E-state index contributed by atoms with van der Waals surface area (Å²) < 4.78 is 12.8. The third kappa shape index (κ3) is 6.20. The molecule has 0 heterocycles. The Labute approximate surface area is 114 Å². The van der Waals surface area contributed by atoms with Gasteiger partial charge >= 0.3 is 0 Å². The quantitative estimate of drug-likeness (QED) is 0.604. The van der Waals surface area contributed by atoms with Crippen LogP contribution < -0.4 is 10.6 Å². The highest BCUT2D eigenvalue weighted by molar-refractivity contribution is 5.79. The van der Waals surface area contributed by atoms with Crippen LogP contribution in [0.1, 0.15) is 12.5 Å². The van der Waals surface area contributed by atoms with Gasteiger partial charge in [0.05, 0.1) is 0 Å². The van der Waals surface area contributed by atoms with Gasteiger partial charge in [0.1, 0.15) is 5.82 Å².